The predicted octanol–water partition coefficient (Wildman–Crippen LogP) is 2.97. The van der Waals surface area contributed by atoms with Gasteiger partial charge in [0.1, 0.15) is 13.1 Å². The van der Waals surface area contributed by atoms with E-state index in [4.69, 9.17) is 10.5 Å². The lowest BCUT2D eigenvalue weighted by molar-refractivity contribution is 0.597. The summed E-state index contributed by atoms with van der Waals surface area (Å²) >= 11 is 3.47. The van der Waals surface area contributed by atoms with Crippen molar-refractivity contribution in [3.05, 3.63) is 28.2 Å². The van der Waals surface area contributed by atoms with Crippen molar-refractivity contribution in [1.29, 1.82) is 10.5 Å². The molecule has 0 saturated heterocycles. The van der Waals surface area contributed by atoms with Crippen molar-refractivity contribution < 1.29 is 0 Å². The van der Waals surface area contributed by atoms with Crippen LogP contribution in [-0.2, 0) is 0 Å². The second kappa shape index (κ2) is 7.78. The molecule has 1 aromatic carbocycles. The molecule has 0 heterocycles. The highest BCUT2D eigenvalue weighted by Crippen LogP contribution is 2.29. The van der Waals surface area contributed by atoms with Gasteiger partial charge in [-0.3, -0.25) is 0 Å². The van der Waals surface area contributed by atoms with Crippen LogP contribution in [0.4, 0.5) is 5.69 Å². The van der Waals surface area contributed by atoms with Crippen LogP contribution < -0.4 is 10.2 Å². The summed E-state index contributed by atoms with van der Waals surface area (Å²) in [5, 5.41) is 21.1. The van der Waals surface area contributed by atoms with Gasteiger partial charge in [-0.2, -0.15) is 10.5 Å². The van der Waals surface area contributed by atoms with Gasteiger partial charge in [0, 0.05) is 16.2 Å². The summed E-state index contributed by atoms with van der Waals surface area (Å²) in [5.74, 6) is 0. The van der Waals surface area contributed by atoms with E-state index in [1.165, 1.54) is 0 Å². The van der Waals surface area contributed by atoms with E-state index < -0.39 is 0 Å². The zero-order chi connectivity index (χ0) is 14.3. The van der Waals surface area contributed by atoms with Crippen molar-refractivity contribution in [3.63, 3.8) is 0 Å². The van der Waals surface area contributed by atoms with Crippen LogP contribution in [0.5, 0.6) is 0 Å². The number of rotatable bonds is 6. The van der Waals surface area contributed by atoms with Gasteiger partial charge in [-0.05, 0) is 37.2 Å². The molecule has 0 saturated carbocycles. The molecule has 1 rings (SSSR count). The minimum Gasteiger partial charge on any atom is -0.345 e. The van der Waals surface area contributed by atoms with Crippen molar-refractivity contribution in [3.8, 4) is 12.1 Å². The Morgan fingerprint density at radius 3 is 2.47 bits per heavy atom. The van der Waals surface area contributed by atoms with Crippen LogP contribution in [-0.4, -0.2) is 19.6 Å². The van der Waals surface area contributed by atoms with Crippen molar-refractivity contribution in [1.82, 2.24) is 5.32 Å². The van der Waals surface area contributed by atoms with Crippen LogP contribution in [0.3, 0.4) is 0 Å². The highest BCUT2D eigenvalue weighted by Gasteiger charge is 2.15. The van der Waals surface area contributed by atoms with Gasteiger partial charge in [-0.25, -0.2) is 0 Å². The molecule has 0 aromatic heterocycles. The Labute approximate surface area is 122 Å². The van der Waals surface area contributed by atoms with E-state index in [2.05, 4.69) is 47.2 Å². The summed E-state index contributed by atoms with van der Waals surface area (Å²) in [6, 6.07) is 10.3. The second-order valence-electron chi connectivity index (χ2n) is 4.15. The molecule has 1 unspecified atom stereocenters. The number of nitrogens with one attached hydrogen (secondary N) is 1. The van der Waals surface area contributed by atoms with E-state index in [0.29, 0.717) is 0 Å². The average molecular weight is 321 g/mol. The summed E-state index contributed by atoms with van der Waals surface area (Å²) in [7, 11) is 0. The fourth-order valence-corrected chi connectivity index (χ4v) is 2.35. The Morgan fingerprint density at radius 1 is 1.32 bits per heavy atom. The molecule has 1 atom stereocenters. The molecule has 100 valence electrons. The van der Waals surface area contributed by atoms with Gasteiger partial charge in [0.2, 0.25) is 0 Å². The Kier molecular flexibility index (Phi) is 6.35. The van der Waals surface area contributed by atoms with E-state index >= 15 is 0 Å². The zero-order valence-electron chi connectivity index (χ0n) is 11.2. The Balaban J connectivity index is 3.17. The standard InChI is InChI=1S/C14H17BrN4/c1-3-18-11(2)13-10-12(15)4-5-14(13)19(8-6-16)9-7-17/h4-5,10-11,18H,3,8-9H2,1-2H3. The first-order valence-electron chi connectivity index (χ1n) is 6.15. The van der Waals surface area contributed by atoms with Crippen LogP contribution in [0.25, 0.3) is 0 Å². The predicted molar refractivity (Wildman–Crippen MR) is 79.7 cm³/mol. The molecule has 0 aliphatic heterocycles. The molecule has 19 heavy (non-hydrogen) atoms. The van der Waals surface area contributed by atoms with Gasteiger partial charge in [-0.1, -0.05) is 22.9 Å². The van der Waals surface area contributed by atoms with Crippen molar-refractivity contribution in [2.45, 2.75) is 19.9 Å². The molecule has 4 nitrogen and oxygen atoms in total. The molecule has 0 radical (unpaired) electrons. The monoisotopic (exact) mass is 320 g/mol. The first-order chi connectivity index (χ1) is 9.13. The minimum absolute atomic E-state index is 0.164. The van der Waals surface area contributed by atoms with Crippen LogP contribution in [0.2, 0.25) is 0 Å². The van der Waals surface area contributed by atoms with Gasteiger partial charge in [-0.15, -0.1) is 0 Å². The molecule has 0 fully saturated rings. The molecule has 0 amide bonds. The minimum atomic E-state index is 0.164. The average Bonchev–Trinajstić information content (AvgIpc) is 2.39. The third-order valence-corrected chi connectivity index (χ3v) is 3.32. The molecule has 0 spiro atoms. The highest BCUT2D eigenvalue weighted by atomic mass is 79.9. The molecular formula is C14H17BrN4. The van der Waals surface area contributed by atoms with Gasteiger partial charge in [0.25, 0.3) is 0 Å². The maximum absolute atomic E-state index is 8.89. The lowest BCUT2D eigenvalue weighted by atomic mass is 10.0. The first kappa shape index (κ1) is 15.5. The van der Waals surface area contributed by atoms with E-state index in [0.717, 1.165) is 22.3 Å². The summed E-state index contributed by atoms with van der Waals surface area (Å²) in [4.78, 5) is 1.79. The molecule has 0 aliphatic carbocycles. The molecular weight excluding hydrogens is 304 g/mol. The lowest BCUT2D eigenvalue weighted by Crippen LogP contribution is -2.27. The number of nitrogens with zero attached hydrogens (tertiary/aromatic N) is 3. The van der Waals surface area contributed by atoms with E-state index in [9.17, 15) is 0 Å². The SMILES string of the molecule is CCNC(C)c1cc(Br)ccc1N(CC#N)CC#N. The van der Waals surface area contributed by atoms with Crippen LogP contribution in [0, 0.1) is 22.7 Å². The summed E-state index contributed by atoms with van der Waals surface area (Å²) in [6.07, 6.45) is 0. The number of hydrogen-bond donors (Lipinski definition) is 1. The van der Waals surface area contributed by atoms with Gasteiger partial charge in [0.15, 0.2) is 0 Å². The Morgan fingerprint density at radius 2 is 1.95 bits per heavy atom. The van der Waals surface area contributed by atoms with E-state index in [1.807, 2.05) is 18.2 Å². The van der Waals surface area contributed by atoms with Crippen LogP contribution >= 0.6 is 15.9 Å². The van der Waals surface area contributed by atoms with E-state index in [1.54, 1.807) is 4.90 Å². The number of hydrogen-bond acceptors (Lipinski definition) is 4. The fraction of sp³-hybridized carbons (Fsp3) is 0.429. The Hall–Kier alpha value is -1.56. The highest BCUT2D eigenvalue weighted by molar-refractivity contribution is 9.10. The largest absolute Gasteiger partial charge is 0.345 e. The van der Waals surface area contributed by atoms with E-state index in [-0.39, 0.29) is 19.1 Å². The molecule has 0 aliphatic rings. The Bertz CT molecular complexity index is 485. The topological polar surface area (TPSA) is 62.9 Å². The van der Waals surface area contributed by atoms with Gasteiger partial charge >= 0.3 is 0 Å². The maximum atomic E-state index is 8.89. The van der Waals surface area contributed by atoms with Crippen molar-refractivity contribution >= 4 is 21.6 Å². The fourth-order valence-electron chi connectivity index (χ4n) is 1.97. The smallest absolute Gasteiger partial charge is 0.106 e. The first-order valence-corrected chi connectivity index (χ1v) is 6.95. The number of benzene rings is 1. The van der Waals surface area contributed by atoms with Crippen molar-refractivity contribution in [2.24, 2.45) is 0 Å². The summed E-state index contributed by atoms with van der Waals surface area (Å²) in [5.41, 5.74) is 2.02. The molecule has 0 bridgehead atoms. The number of nitriles is 2. The molecule has 5 heteroatoms. The third-order valence-electron chi connectivity index (χ3n) is 2.83. The second-order valence-corrected chi connectivity index (χ2v) is 5.07. The third kappa shape index (κ3) is 4.24. The van der Waals surface area contributed by atoms with Crippen LogP contribution in [0.1, 0.15) is 25.5 Å². The number of halogens is 1. The zero-order valence-corrected chi connectivity index (χ0v) is 12.7. The quantitative estimate of drug-likeness (QED) is 0.818. The number of anilines is 1. The molecule has 1 N–H and O–H groups in total. The van der Waals surface area contributed by atoms with Gasteiger partial charge < -0.3 is 10.2 Å². The molecule has 1 aromatic rings. The van der Waals surface area contributed by atoms with Crippen LogP contribution in [0.15, 0.2) is 22.7 Å². The normalized spacial score (nSPS) is 11.4. The summed E-state index contributed by atoms with van der Waals surface area (Å²) < 4.78 is 0.991. The summed E-state index contributed by atoms with van der Waals surface area (Å²) in [6.45, 7) is 5.41. The maximum Gasteiger partial charge on any atom is 0.106 e. The lowest BCUT2D eigenvalue weighted by Gasteiger charge is -2.25. The van der Waals surface area contributed by atoms with Crippen molar-refractivity contribution in [2.75, 3.05) is 24.5 Å². The van der Waals surface area contributed by atoms with Gasteiger partial charge in [0.05, 0.1) is 12.1 Å².